The highest BCUT2D eigenvalue weighted by Gasteiger charge is 2.17. The Bertz CT molecular complexity index is 685. The summed E-state index contributed by atoms with van der Waals surface area (Å²) in [4.78, 5) is 30.5. The van der Waals surface area contributed by atoms with Gasteiger partial charge in [-0.05, 0) is 19.1 Å². The second-order valence-corrected chi connectivity index (χ2v) is 3.96. The molecule has 2 rings (SSSR count). The number of carbonyl (C=O) groups is 2. The maximum atomic E-state index is 12.1. The van der Waals surface area contributed by atoms with Crippen LogP contribution in [0.5, 0.6) is 5.75 Å². The van der Waals surface area contributed by atoms with Gasteiger partial charge in [-0.1, -0.05) is 6.07 Å². The molecule has 0 fully saturated rings. The number of benzene rings is 1. The number of phenolic OH excluding ortho intramolecular Hbond substituents is 1. The van der Waals surface area contributed by atoms with Crippen LogP contribution in [0.15, 0.2) is 30.6 Å². The molecule has 0 atom stereocenters. The Balaban J connectivity index is 2.33. The van der Waals surface area contributed by atoms with Crippen molar-refractivity contribution >= 4 is 17.7 Å². The van der Waals surface area contributed by atoms with Gasteiger partial charge in [0, 0.05) is 23.5 Å². The van der Waals surface area contributed by atoms with Crippen molar-refractivity contribution in [2.75, 3.05) is 5.32 Å². The zero-order chi connectivity index (χ0) is 14.7. The number of nitrogens with zero attached hydrogens (tertiary/aromatic N) is 2. The van der Waals surface area contributed by atoms with E-state index >= 15 is 0 Å². The number of anilines is 1. The van der Waals surface area contributed by atoms with Crippen LogP contribution in [0, 0.1) is 6.92 Å². The maximum absolute atomic E-state index is 12.1. The monoisotopic (exact) mass is 273 g/mol. The van der Waals surface area contributed by atoms with Crippen molar-refractivity contribution in [3.8, 4) is 5.75 Å². The minimum absolute atomic E-state index is 0.0183. The Morgan fingerprint density at radius 1 is 1.20 bits per heavy atom. The highest BCUT2D eigenvalue weighted by molar-refractivity contribution is 6.07. The zero-order valence-corrected chi connectivity index (χ0v) is 10.5. The number of hydrogen-bond donors (Lipinski definition) is 3. The van der Waals surface area contributed by atoms with Gasteiger partial charge in [-0.2, -0.15) is 0 Å². The summed E-state index contributed by atoms with van der Waals surface area (Å²) >= 11 is 0. The van der Waals surface area contributed by atoms with Crippen molar-refractivity contribution in [1.29, 1.82) is 0 Å². The van der Waals surface area contributed by atoms with E-state index in [1.54, 1.807) is 6.92 Å². The number of amides is 1. The number of aromatic hydroxyl groups is 1. The van der Waals surface area contributed by atoms with Gasteiger partial charge in [0.1, 0.15) is 5.75 Å². The molecule has 7 heteroatoms. The minimum atomic E-state index is -1.29. The Hall–Kier alpha value is -2.96. The van der Waals surface area contributed by atoms with Crippen molar-refractivity contribution in [1.82, 2.24) is 9.97 Å². The van der Waals surface area contributed by atoms with Crippen LogP contribution in [-0.4, -0.2) is 32.1 Å². The highest BCUT2D eigenvalue weighted by atomic mass is 16.4. The predicted molar refractivity (Wildman–Crippen MR) is 69.8 cm³/mol. The Labute approximate surface area is 113 Å². The molecule has 0 aliphatic rings. The van der Waals surface area contributed by atoms with Crippen LogP contribution in [0.25, 0.3) is 0 Å². The van der Waals surface area contributed by atoms with Gasteiger partial charge in [-0.15, -0.1) is 0 Å². The fourth-order valence-electron chi connectivity index (χ4n) is 1.63. The standard InChI is InChI=1S/C13H11N3O4/c1-7-8(3-2-4-9(7)17)12(18)16-11-10(13(19)20)14-5-6-15-11/h2-6,17H,1H3,(H,19,20)(H,15,16,18). The molecule has 1 heterocycles. The molecule has 0 bridgehead atoms. The van der Waals surface area contributed by atoms with Crippen LogP contribution in [0.1, 0.15) is 26.4 Å². The molecule has 0 unspecified atom stereocenters. The van der Waals surface area contributed by atoms with Gasteiger partial charge in [0.05, 0.1) is 0 Å². The third kappa shape index (κ3) is 2.56. The number of phenols is 1. The molecule has 2 aromatic rings. The molecule has 7 nitrogen and oxygen atoms in total. The summed E-state index contributed by atoms with van der Waals surface area (Å²) in [7, 11) is 0. The van der Waals surface area contributed by atoms with Crippen molar-refractivity contribution in [2.24, 2.45) is 0 Å². The number of aromatic nitrogens is 2. The molecule has 1 aromatic heterocycles. The Morgan fingerprint density at radius 2 is 1.90 bits per heavy atom. The van der Waals surface area contributed by atoms with Crippen LogP contribution in [0.4, 0.5) is 5.82 Å². The third-order valence-corrected chi connectivity index (χ3v) is 2.68. The number of aromatic carboxylic acids is 1. The van der Waals surface area contributed by atoms with E-state index in [1.165, 1.54) is 30.6 Å². The summed E-state index contributed by atoms with van der Waals surface area (Å²) in [5.41, 5.74) is 0.274. The van der Waals surface area contributed by atoms with Gasteiger partial charge in [0.15, 0.2) is 11.5 Å². The molecule has 0 aliphatic carbocycles. The van der Waals surface area contributed by atoms with E-state index in [2.05, 4.69) is 15.3 Å². The average Bonchev–Trinajstić information content (AvgIpc) is 2.42. The first-order chi connectivity index (χ1) is 9.50. The van der Waals surface area contributed by atoms with Crippen LogP contribution in [0.3, 0.4) is 0 Å². The summed E-state index contributed by atoms with van der Waals surface area (Å²) in [5.74, 6) is -2.02. The predicted octanol–water partition coefficient (Wildman–Crippen LogP) is 1.44. The number of carbonyl (C=O) groups excluding carboxylic acids is 1. The van der Waals surface area contributed by atoms with Crippen molar-refractivity contribution in [2.45, 2.75) is 6.92 Å². The van der Waals surface area contributed by atoms with Crippen molar-refractivity contribution in [3.63, 3.8) is 0 Å². The largest absolute Gasteiger partial charge is 0.508 e. The fraction of sp³-hybridized carbons (Fsp3) is 0.0769. The van der Waals surface area contributed by atoms with E-state index < -0.39 is 11.9 Å². The first-order valence-corrected chi connectivity index (χ1v) is 5.65. The van der Waals surface area contributed by atoms with Crippen molar-refractivity contribution in [3.05, 3.63) is 47.4 Å². The molecule has 20 heavy (non-hydrogen) atoms. The quantitative estimate of drug-likeness (QED) is 0.780. The summed E-state index contributed by atoms with van der Waals surface area (Å²) in [6.07, 6.45) is 2.50. The number of nitrogens with one attached hydrogen (secondary N) is 1. The van der Waals surface area contributed by atoms with Crippen molar-refractivity contribution < 1.29 is 19.8 Å². The van der Waals surface area contributed by atoms with Gasteiger partial charge in [-0.3, -0.25) is 4.79 Å². The topological polar surface area (TPSA) is 112 Å². The molecule has 0 radical (unpaired) electrons. The molecule has 3 N–H and O–H groups in total. The summed E-state index contributed by atoms with van der Waals surface area (Å²) in [5, 5.41) is 20.9. The molecule has 0 aliphatic heterocycles. The Morgan fingerprint density at radius 3 is 2.60 bits per heavy atom. The van der Waals surface area contributed by atoms with Crippen LogP contribution < -0.4 is 5.32 Å². The van der Waals surface area contributed by atoms with Crippen LogP contribution in [-0.2, 0) is 0 Å². The van der Waals surface area contributed by atoms with Gasteiger partial charge < -0.3 is 15.5 Å². The molecular weight excluding hydrogens is 262 g/mol. The van der Waals surface area contributed by atoms with E-state index in [4.69, 9.17) is 5.11 Å². The second kappa shape index (κ2) is 5.35. The lowest BCUT2D eigenvalue weighted by molar-refractivity contribution is 0.0691. The summed E-state index contributed by atoms with van der Waals surface area (Å²) in [6, 6.07) is 4.49. The second-order valence-electron chi connectivity index (χ2n) is 3.96. The minimum Gasteiger partial charge on any atom is -0.508 e. The highest BCUT2D eigenvalue weighted by Crippen LogP contribution is 2.20. The average molecular weight is 273 g/mol. The Kier molecular flexibility index (Phi) is 3.60. The lowest BCUT2D eigenvalue weighted by atomic mass is 10.1. The van der Waals surface area contributed by atoms with E-state index in [1.807, 2.05) is 0 Å². The van der Waals surface area contributed by atoms with Gasteiger partial charge in [0.25, 0.3) is 5.91 Å². The van der Waals surface area contributed by atoms with Gasteiger partial charge >= 0.3 is 5.97 Å². The molecule has 0 spiro atoms. The first-order valence-electron chi connectivity index (χ1n) is 5.65. The molecule has 1 amide bonds. The smallest absolute Gasteiger partial charge is 0.358 e. The number of hydrogen-bond acceptors (Lipinski definition) is 5. The SMILES string of the molecule is Cc1c(O)cccc1C(=O)Nc1nccnc1C(=O)O. The number of carboxylic acid groups (broad SMARTS) is 1. The summed E-state index contributed by atoms with van der Waals surface area (Å²) in [6.45, 7) is 1.58. The van der Waals surface area contributed by atoms with Gasteiger partial charge in [-0.25, -0.2) is 14.8 Å². The molecule has 102 valence electrons. The fourth-order valence-corrected chi connectivity index (χ4v) is 1.63. The maximum Gasteiger partial charge on any atom is 0.358 e. The number of rotatable bonds is 3. The number of carboxylic acids is 1. The summed E-state index contributed by atoms with van der Waals surface area (Å²) < 4.78 is 0. The van der Waals surface area contributed by atoms with Crippen LogP contribution in [0.2, 0.25) is 0 Å². The molecular formula is C13H11N3O4. The van der Waals surface area contributed by atoms with Crippen LogP contribution >= 0.6 is 0 Å². The molecule has 1 aromatic carbocycles. The van der Waals surface area contributed by atoms with Gasteiger partial charge in [0.2, 0.25) is 0 Å². The zero-order valence-electron chi connectivity index (χ0n) is 10.5. The van der Waals surface area contributed by atoms with E-state index in [0.717, 1.165) is 0 Å². The van der Waals surface area contributed by atoms with E-state index in [-0.39, 0.29) is 22.8 Å². The third-order valence-electron chi connectivity index (χ3n) is 2.68. The molecule has 0 saturated heterocycles. The first kappa shape index (κ1) is 13.5. The molecule has 0 saturated carbocycles. The van der Waals surface area contributed by atoms with E-state index in [9.17, 15) is 14.7 Å². The lowest BCUT2D eigenvalue weighted by Gasteiger charge is -2.09. The normalized spacial score (nSPS) is 10.1. The van der Waals surface area contributed by atoms with E-state index in [0.29, 0.717) is 5.56 Å². The lowest BCUT2D eigenvalue weighted by Crippen LogP contribution is -2.17.